The van der Waals surface area contributed by atoms with Gasteiger partial charge in [0.15, 0.2) is 0 Å². The first kappa shape index (κ1) is 27.4. The van der Waals surface area contributed by atoms with E-state index in [1.165, 1.54) is 12.1 Å². The molecule has 0 aliphatic rings. The van der Waals surface area contributed by atoms with Crippen molar-refractivity contribution in [1.29, 1.82) is 0 Å². The summed E-state index contributed by atoms with van der Waals surface area (Å²) in [7, 11) is 0. The maximum absolute atomic E-state index is 12.8. The lowest BCUT2D eigenvalue weighted by Crippen LogP contribution is -2.57. The molecule has 0 heterocycles. The van der Waals surface area contributed by atoms with Crippen LogP contribution in [-0.2, 0) is 30.4 Å². The molecular formula is C21H30N4O8. The average molecular weight is 466 g/mol. The molecule has 0 spiro atoms. The number of carboxylic acid groups (broad SMARTS) is 2. The van der Waals surface area contributed by atoms with Crippen LogP contribution in [0.2, 0.25) is 0 Å². The van der Waals surface area contributed by atoms with Crippen molar-refractivity contribution in [1.82, 2.24) is 16.0 Å². The molecule has 0 radical (unpaired) electrons. The van der Waals surface area contributed by atoms with Crippen molar-refractivity contribution in [2.24, 2.45) is 11.7 Å². The molecule has 12 heteroatoms. The van der Waals surface area contributed by atoms with E-state index in [0.717, 1.165) is 0 Å². The van der Waals surface area contributed by atoms with Gasteiger partial charge in [-0.05, 0) is 36.5 Å². The maximum atomic E-state index is 12.8. The van der Waals surface area contributed by atoms with Gasteiger partial charge < -0.3 is 37.0 Å². The molecule has 8 N–H and O–H groups in total. The number of hydrogen-bond donors (Lipinski definition) is 7. The van der Waals surface area contributed by atoms with Gasteiger partial charge in [0.05, 0.1) is 6.04 Å². The van der Waals surface area contributed by atoms with E-state index >= 15 is 0 Å². The first-order chi connectivity index (χ1) is 15.4. The number of amides is 3. The number of benzene rings is 1. The predicted molar refractivity (Wildman–Crippen MR) is 116 cm³/mol. The molecule has 0 aliphatic heterocycles. The summed E-state index contributed by atoms with van der Waals surface area (Å²) in [5.74, 6) is -5.05. The molecule has 3 unspecified atom stereocenters. The number of carboxylic acids is 2. The molecule has 0 fully saturated rings. The largest absolute Gasteiger partial charge is 0.508 e. The van der Waals surface area contributed by atoms with Gasteiger partial charge in [-0.15, -0.1) is 0 Å². The summed E-state index contributed by atoms with van der Waals surface area (Å²) in [6, 6.07) is 2.74. The van der Waals surface area contributed by atoms with Gasteiger partial charge in [-0.1, -0.05) is 26.0 Å². The summed E-state index contributed by atoms with van der Waals surface area (Å²) in [6.45, 7) is 2.62. The second kappa shape index (κ2) is 13.0. The Morgan fingerprint density at radius 2 is 1.52 bits per heavy atom. The minimum Gasteiger partial charge on any atom is -0.508 e. The fourth-order valence-electron chi connectivity index (χ4n) is 2.86. The third kappa shape index (κ3) is 9.99. The van der Waals surface area contributed by atoms with Crippen molar-refractivity contribution < 1.29 is 39.3 Å². The van der Waals surface area contributed by atoms with Gasteiger partial charge >= 0.3 is 11.9 Å². The Hall–Kier alpha value is -3.67. The molecule has 12 nitrogen and oxygen atoms in total. The average Bonchev–Trinajstić information content (AvgIpc) is 2.73. The smallest absolute Gasteiger partial charge is 0.322 e. The minimum atomic E-state index is -1.31. The van der Waals surface area contributed by atoms with Crippen molar-refractivity contribution in [3.8, 4) is 5.75 Å². The molecule has 1 aromatic carbocycles. The molecule has 0 bridgehead atoms. The number of aromatic hydroxyl groups is 1. The lowest BCUT2D eigenvalue weighted by molar-refractivity contribution is -0.140. The Bertz CT molecular complexity index is 856. The van der Waals surface area contributed by atoms with Crippen LogP contribution in [-0.4, -0.2) is 69.7 Å². The van der Waals surface area contributed by atoms with Gasteiger partial charge in [0, 0.05) is 6.42 Å². The zero-order valence-electron chi connectivity index (χ0n) is 18.4. The number of phenolic OH excluding ortho intramolecular Hbond substituents is 1. The fourth-order valence-corrected chi connectivity index (χ4v) is 2.86. The molecule has 3 amide bonds. The summed E-state index contributed by atoms with van der Waals surface area (Å²) in [5, 5.41) is 34.0. The quantitative estimate of drug-likeness (QED) is 0.189. The zero-order valence-corrected chi connectivity index (χ0v) is 18.4. The number of hydrogen-bond acceptors (Lipinski definition) is 7. The number of phenols is 1. The Balaban J connectivity index is 2.84. The second-order valence-corrected chi connectivity index (χ2v) is 7.81. The Morgan fingerprint density at radius 1 is 0.909 bits per heavy atom. The van der Waals surface area contributed by atoms with Gasteiger partial charge in [0.1, 0.15) is 24.4 Å². The normalized spacial score (nSPS) is 13.5. The van der Waals surface area contributed by atoms with Crippen LogP contribution in [0.15, 0.2) is 24.3 Å². The lowest BCUT2D eigenvalue weighted by atomic mass is 10.0. The van der Waals surface area contributed by atoms with Crippen molar-refractivity contribution in [2.75, 3.05) is 6.54 Å². The van der Waals surface area contributed by atoms with E-state index in [-0.39, 0.29) is 18.6 Å². The summed E-state index contributed by atoms with van der Waals surface area (Å²) >= 11 is 0. The molecular weight excluding hydrogens is 436 g/mol. The van der Waals surface area contributed by atoms with Crippen LogP contribution in [0.3, 0.4) is 0 Å². The van der Waals surface area contributed by atoms with E-state index in [4.69, 9.17) is 15.9 Å². The summed E-state index contributed by atoms with van der Waals surface area (Å²) in [6.07, 6.45) is -0.565. The number of nitrogens with one attached hydrogen (secondary N) is 3. The van der Waals surface area contributed by atoms with Crippen LogP contribution in [0, 0.1) is 5.92 Å². The number of carbonyl (C=O) groups excluding carboxylic acids is 3. The third-order valence-electron chi connectivity index (χ3n) is 4.67. The highest BCUT2D eigenvalue weighted by Crippen LogP contribution is 2.11. The third-order valence-corrected chi connectivity index (χ3v) is 4.67. The van der Waals surface area contributed by atoms with Crippen LogP contribution >= 0.6 is 0 Å². The second-order valence-electron chi connectivity index (χ2n) is 7.81. The summed E-state index contributed by atoms with van der Waals surface area (Å²) in [5.41, 5.74) is 6.64. The van der Waals surface area contributed by atoms with Crippen LogP contribution in [0.5, 0.6) is 5.75 Å². The SMILES string of the molecule is CC(C)C(NC(=O)C(N)Cc1ccc(O)cc1)C(=O)NC(CCC(=O)O)C(=O)NCC(=O)O. The van der Waals surface area contributed by atoms with Crippen LogP contribution in [0.25, 0.3) is 0 Å². The van der Waals surface area contributed by atoms with Crippen molar-refractivity contribution >= 4 is 29.7 Å². The van der Waals surface area contributed by atoms with Crippen LogP contribution in [0.4, 0.5) is 0 Å². The predicted octanol–water partition coefficient (Wildman–Crippen LogP) is -1.05. The molecule has 1 rings (SSSR count). The molecule has 182 valence electrons. The minimum absolute atomic E-state index is 0.0677. The number of aliphatic carboxylic acids is 2. The Morgan fingerprint density at radius 3 is 2.03 bits per heavy atom. The van der Waals surface area contributed by atoms with E-state index in [1.807, 2.05) is 0 Å². The fraction of sp³-hybridized carbons (Fsp3) is 0.476. The molecule has 0 saturated heterocycles. The molecule has 0 aromatic heterocycles. The van der Waals surface area contributed by atoms with E-state index < -0.39 is 66.7 Å². The molecule has 0 aliphatic carbocycles. The monoisotopic (exact) mass is 466 g/mol. The molecule has 33 heavy (non-hydrogen) atoms. The van der Waals surface area contributed by atoms with E-state index in [0.29, 0.717) is 5.56 Å². The standard InChI is InChI=1S/C21H30N4O8/c1-11(2)18(25-19(31)14(22)9-12-3-5-13(26)6-4-12)21(33)24-15(7-8-16(27)28)20(32)23-10-17(29)30/h3-6,11,14-15,18,26H,7-10,22H2,1-2H3,(H,23,32)(H,24,33)(H,25,31)(H,27,28)(H,29,30). The highest BCUT2D eigenvalue weighted by atomic mass is 16.4. The van der Waals surface area contributed by atoms with E-state index in [9.17, 15) is 29.1 Å². The number of rotatable bonds is 13. The van der Waals surface area contributed by atoms with Gasteiger partial charge in [-0.3, -0.25) is 24.0 Å². The van der Waals surface area contributed by atoms with Gasteiger partial charge in [0.2, 0.25) is 17.7 Å². The highest BCUT2D eigenvalue weighted by molar-refractivity contribution is 5.94. The maximum Gasteiger partial charge on any atom is 0.322 e. The van der Waals surface area contributed by atoms with Crippen LogP contribution < -0.4 is 21.7 Å². The summed E-state index contributed by atoms with van der Waals surface area (Å²) in [4.78, 5) is 59.2. The van der Waals surface area contributed by atoms with E-state index in [2.05, 4.69) is 16.0 Å². The lowest BCUT2D eigenvalue weighted by Gasteiger charge is -2.26. The van der Waals surface area contributed by atoms with Gasteiger partial charge in [0.25, 0.3) is 0 Å². The zero-order chi connectivity index (χ0) is 25.1. The number of nitrogens with two attached hydrogens (primary N) is 1. The molecule has 3 atom stereocenters. The first-order valence-corrected chi connectivity index (χ1v) is 10.3. The topological polar surface area (TPSA) is 208 Å². The first-order valence-electron chi connectivity index (χ1n) is 10.3. The Labute approximate surface area is 190 Å². The Kier molecular flexibility index (Phi) is 10.8. The molecule has 0 saturated carbocycles. The van der Waals surface area contributed by atoms with Gasteiger partial charge in [-0.2, -0.15) is 0 Å². The van der Waals surface area contributed by atoms with Gasteiger partial charge in [-0.25, -0.2) is 0 Å². The van der Waals surface area contributed by atoms with Crippen molar-refractivity contribution in [3.63, 3.8) is 0 Å². The van der Waals surface area contributed by atoms with Crippen LogP contribution in [0.1, 0.15) is 32.3 Å². The van der Waals surface area contributed by atoms with Crippen molar-refractivity contribution in [3.05, 3.63) is 29.8 Å². The number of carbonyl (C=O) groups is 5. The molecule has 1 aromatic rings. The van der Waals surface area contributed by atoms with Crippen molar-refractivity contribution in [2.45, 2.75) is 51.2 Å². The van der Waals surface area contributed by atoms with E-state index in [1.54, 1.807) is 26.0 Å². The summed E-state index contributed by atoms with van der Waals surface area (Å²) < 4.78 is 0. The highest BCUT2D eigenvalue weighted by Gasteiger charge is 2.30.